The molecule has 9 nitrogen and oxygen atoms in total. The number of carbonyl (C=O) groups is 3. The van der Waals surface area contributed by atoms with Gasteiger partial charge in [0.2, 0.25) is 11.8 Å². The van der Waals surface area contributed by atoms with Crippen LogP contribution < -0.4 is 4.90 Å². The summed E-state index contributed by atoms with van der Waals surface area (Å²) < 4.78 is 4.97. The number of carbonyl (C=O) groups excluding carboxylic acids is 3. The summed E-state index contributed by atoms with van der Waals surface area (Å²) in [6, 6.07) is 11.4. The van der Waals surface area contributed by atoms with E-state index in [4.69, 9.17) is 4.74 Å². The maximum absolute atomic E-state index is 13.5. The van der Waals surface area contributed by atoms with Crippen molar-refractivity contribution in [1.29, 1.82) is 0 Å². The molecule has 0 unspecified atom stereocenters. The number of non-ortho nitro benzene ring substituents is 1. The van der Waals surface area contributed by atoms with Gasteiger partial charge >= 0.3 is 5.97 Å². The molecular weight excluding hydrogens is 402 g/mol. The molecule has 31 heavy (non-hydrogen) atoms. The van der Waals surface area contributed by atoms with Gasteiger partial charge in [-0.05, 0) is 23.3 Å². The summed E-state index contributed by atoms with van der Waals surface area (Å²) in [6.45, 7) is 0. The third-order valence-corrected chi connectivity index (χ3v) is 6.20. The summed E-state index contributed by atoms with van der Waals surface area (Å²) in [5.74, 6) is -3.43. The molecule has 2 aromatic rings. The Labute approximate surface area is 176 Å². The van der Waals surface area contributed by atoms with Gasteiger partial charge in [-0.3, -0.25) is 19.7 Å². The Bertz CT molecular complexity index is 1180. The predicted molar refractivity (Wildman–Crippen MR) is 108 cm³/mol. The second kappa shape index (κ2) is 6.76. The van der Waals surface area contributed by atoms with E-state index < -0.39 is 46.6 Å². The van der Waals surface area contributed by atoms with E-state index in [9.17, 15) is 24.5 Å². The zero-order valence-corrected chi connectivity index (χ0v) is 16.4. The van der Waals surface area contributed by atoms with Gasteiger partial charge in [0, 0.05) is 18.3 Å². The first kappa shape index (κ1) is 19.0. The van der Waals surface area contributed by atoms with Gasteiger partial charge in [-0.25, -0.2) is 9.69 Å². The van der Waals surface area contributed by atoms with Crippen LogP contribution in [0.1, 0.15) is 17.2 Å². The number of hydrogen-bond donors (Lipinski definition) is 0. The fourth-order valence-corrected chi connectivity index (χ4v) is 4.95. The zero-order chi connectivity index (χ0) is 21.9. The molecule has 3 heterocycles. The molecule has 156 valence electrons. The molecule has 0 saturated carbocycles. The lowest BCUT2D eigenvalue weighted by Gasteiger charge is -2.34. The first-order chi connectivity index (χ1) is 14.9. The highest BCUT2D eigenvalue weighted by atomic mass is 16.6. The van der Waals surface area contributed by atoms with Crippen LogP contribution in [0.3, 0.4) is 0 Å². The monoisotopic (exact) mass is 419 g/mol. The molecule has 5 rings (SSSR count). The van der Waals surface area contributed by atoms with Gasteiger partial charge in [0.15, 0.2) is 0 Å². The highest BCUT2D eigenvalue weighted by Crippen LogP contribution is 2.53. The van der Waals surface area contributed by atoms with Crippen molar-refractivity contribution in [2.24, 2.45) is 11.8 Å². The van der Waals surface area contributed by atoms with Gasteiger partial charge in [0.1, 0.15) is 6.04 Å². The zero-order valence-electron chi connectivity index (χ0n) is 16.4. The van der Waals surface area contributed by atoms with Crippen molar-refractivity contribution in [2.75, 3.05) is 12.0 Å². The molecular formula is C22H17N3O6. The second-order valence-corrected chi connectivity index (χ2v) is 7.65. The van der Waals surface area contributed by atoms with Gasteiger partial charge < -0.3 is 9.64 Å². The van der Waals surface area contributed by atoms with Gasteiger partial charge in [-0.2, -0.15) is 0 Å². The van der Waals surface area contributed by atoms with E-state index in [0.29, 0.717) is 0 Å². The summed E-state index contributed by atoms with van der Waals surface area (Å²) in [4.78, 5) is 53.0. The van der Waals surface area contributed by atoms with Crippen molar-refractivity contribution >= 4 is 35.2 Å². The van der Waals surface area contributed by atoms with E-state index in [2.05, 4.69) is 0 Å². The molecule has 0 aromatic heterocycles. The molecule has 0 N–H and O–H groups in total. The highest BCUT2D eigenvalue weighted by molar-refractivity contribution is 6.24. The topological polar surface area (TPSA) is 110 Å². The molecule has 3 aliphatic heterocycles. The molecule has 9 heteroatoms. The number of nitro benzene ring substituents is 1. The van der Waals surface area contributed by atoms with Crippen LogP contribution in [0.15, 0.2) is 54.7 Å². The number of esters is 1. The summed E-state index contributed by atoms with van der Waals surface area (Å²) in [5, 5.41) is 11.2. The van der Waals surface area contributed by atoms with Crippen molar-refractivity contribution in [3.05, 3.63) is 76.0 Å². The lowest BCUT2D eigenvalue weighted by atomic mass is 9.84. The summed E-state index contributed by atoms with van der Waals surface area (Å²) in [6.07, 6.45) is 3.57. The number of nitro groups is 1. The van der Waals surface area contributed by atoms with Crippen LogP contribution in [0.25, 0.3) is 6.08 Å². The fourth-order valence-electron chi connectivity index (χ4n) is 4.95. The minimum Gasteiger partial charge on any atom is -0.467 e. The summed E-state index contributed by atoms with van der Waals surface area (Å²) >= 11 is 0. The minimum absolute atomic E-state index is 0.119. The molecule has 0 aliphatic carbocycles. The molecule has 3 aliphatic rings. The lowest BCUT2D eigenvalue weighted by Crippen LogP contribution is -2.44. The van der Waals surface area contributed by atoms with Crippen LogP contribution >= 0.6 is 0 Å². The quantitative estimate of drug-likeness (QED) is 0.325. The molecule has 2 amide bonds. The van der Waals surface area contributed by atoms with Crippen LogP contribution in [0.2, 0.25) is 0 Å². The number of amides is 2. The van der Waals surface area contributed by atoms with E-state index in [-0.39, 0.29) is 11.4 Å². The van der Waals surface area contributed by atoms with Crippen LogP contribution in [0.5, 0.6) is 0 Å². The van der Waals surface area contributed by atoms with Gasteiger partial charge in [0.05, 0.1) is 35.6 Å². The van der Waals surface area contributed by atoms with Crippen LogP contribution in [-0.4, -0.2) is 40.8 Å². The number of ether oxygens (including phenoxy) is 1. The number of rotatable bonds is 3. The smallest absolute Gasteiger partial charge is 0.329 e. The Morgan fingerprint density at radius 2 is 1.81 bits per heavy atom. The molecule has 0 spiro atoms. The molecule has 2 aromatic carbocycles. The first-order valence-corrected chi connectivity index (χ1v) is 9.68. The largest absolute Gasteiger partial charge is 0.467 e. The van der Waals surface area contributed by atoms with Crippen LogP contribution in [0.4, 0.5) is 11.4 Å². The Kier molecular flexibility index (Phi) is 4.14. The van der Waals surface area contributed by atoms with Crippen molar-refractivity contribution in [2.45, 2.75) is 12.1 Å². The van der Waals surface area contributed by atoms with Crippen molar-refractivity contribution in [3.8, 4) is 0 Å². The van der Waals surface area contributed by atoms with Crippen LogP contribution in [-0.2, 0) is 19.1 Å². The second-order valence-electron chi connectivity index (χ2n) is 7.65. The molecule has 2 fully saturated rings. The molecule has 0 bridgehead atoms. The Balaban J connectivity index is 1.64. The Hall–Kier alpha value is -4.01. The van der Waals surface area contributed by atoms with E-state index in [1.165, 1.54) is 31.4 Å². The third-order valence-electron chi connectivity index (χ3n) is 6.20. The number of fused-ring (bicyclic) bond motifs is 5. The number of imide groups is 1. The van der Waals surface area contributed by atoms with Crippen molar-refractivity contribution in [1.82, 2.24) is 4.90 Å². The number of nitrogens with zero attached hydrogens (tertiary/aromatic N) is 3. The average molecular weight is 419 g/mol. The SMILES string of the molecule is COC(=O)[C@H]1[C@H]2C(=O)N(c3cccc([N+](=O)[O-])c3)C(=O)[C@@H]2[C@H]2c3ccccc3C=CN21. The normalized spacial score (nSPS) is 25.8. The Morgan fingerprint density at radius 1 is 1.06 bits per heavy atom. The van der Waals surface area contributed by atoms with Gasteiger partial charge in [-0.15, -0.1) is 0 Å². The average Bonchev–Trinajstić information content (AvgIpc) is 3.26. The Morgan fingerprint density at radius 3 is 2.55 bits per heavy atom. The first-order valence-electron chi connectivity index (χ1n) is 9.68. The molecule has 4 atom stereocenters. The van der Waals surface area contributed by atoms with E-state index in [1.807, 2.05) is 30.3 Å². The fraction of sp³-hybridized carbons (Fsp3) is 0.227. The maximum atomic E-state index is 13.5. The summed E-state index contributed by atoms with van der Waals surface area (Å²) in [5.41, 5.74) is 1.64. The number of benzene rings is 2. The van der Waals surface area contributed by atoms with Gasteiger partial charge in [0.25, 0.3) is 5.69 Å². The van der Waals surface area contributed by atoms with Crippen LogP contribution in [0, 0.1) is 22.0 Å². The predicted octanol–water partition coefficient (Wildman–Crippen LogP) is 2.28. The number of methoxy groups -OCH3 is 1. The van der Waals surface area contributed by atoms with Crippen molar-refractivity contribution < 1.29 is 24.0 Å². The lowest BCUT2D eigenvalue weighted by molar-refractivity contribution is -0.384. The van der Waals surface area contributed by atoms with E-state index in [0.717, 1.165) is 16.0 Å². The summed E-state index contributed by atoms with van der Waals surface area (Å²) in [7, 11) is 1.24. The number of anilines is 1. The minimum atomic E-state index is -0.968. The van der Waals surface area contributed by atoms with Gasteiger partial charge in [-0.1, -0.05) is 30.3 Å². The molecule has 2 saturated heterocycles. The molecule has 0 radical (unpaired) electrons. The highest BCUT2D eigenvalue weighted by Gasteiger charge is 2.65. The standard InChI is InChI=1S/C22H17N3O6/c1-31-22(28)19-17-16(18-15-8-3-2-5-12(15)9-10-23(18)19)20(26)24(21(17)27)13-6-4-7-14(11-13)25(29)30/h2-11,16-19H,1H3/t16-,17-,18+,19+/m0/s1. The van der Waals surface area contributed by atoms with E-state index >= 15 is 0 Å². The van der Waals surface area contributed by atoms with Crippen molar-refractivity contribution in [3.63, 3.8) is 0 Å². The maximum Gasteiger partial charge on any atom is 0.329 e. The number of hydrogen-bond acceptors (Lipinski definition) is 7. The third kappa shape index (κ3) is 2.59. The van der Waals surface area contributed by atoms with E-state index in [1.54, 1.807) is 11.1 Å².